The van der Waals surface area contributed by atoms with Crippen LogP contribution in [0, 0.1) is 13.8 Å². The second-order valence-electron chi connectivity index (χ2n) is 3.97. The molecule has 19 heavy (non-hydrogen) atoms. The lowest BCUT2D eigenvalue weighted by Gasteiger charge is -2.02. The van der Waals surface area contributed by atoms with Crippen LogP contribution < -0.4 is 10.6 Å². The van der Waals surface area contributed by atoms with Crippen molar-refractivity contribution in [2.45, 2.75) is 20.4 Å². The fraction of sp³-hybridized carbons (Fsp3) is 0.333. The van der Waals surface area contributed by atoms with Crippen molar-refractivity contribution in [2.75, 3.05) is 12.4 Å². The zero-order valence-electron chi connectivity index (χ0n) is 11.0. The molecule has 100 valence electrons. The summed E-state index contributed by atoms with van der Waals surface area (Å²) in [6.07, 6.45) is 2.90. The quantitative estimate of drug-likeness (QED) is 0.854. The molecule has 0 aliphatic rings. The monoisotopic (exact) mass is 261 g/mol. The Morgan fingerprint density at radius 2 is 2.11 bits per heavy atom. The normalized spacial score (nSPS) is 10.3. The first kappa shape index (κ1) is 13.0. The van der Waals surface area contributed by atoms with E-state index in [0.29, 0.717) is 11.7 Å². The lowest BCUT2D eigenvalue weighted by molar-refractivity contribution is 0.0941. The van der Waals surface area contributed by atoms with Gasteiger partial charge in [-0.05, 0) is 13.8 Å². The first-order valence-electron chi connectivity index (χ1n) is 5.81. The Balaban J connectivity index is 1.96. The summed E-state index contributed by atoms with van der Waals surface area (Å²) in [5.41, 5.74) is 1.07. The Kier molecular flexibility index (Phi) is 3.74. The van der Waals surface area contributed by atoms with Crippen LogP contribution >= 0.6 is 0 Å². The molecule has 0 atom stereocenters. The SMILES string of the molecule is CNc1cnc(C(=O)NCc2nc(C)c(C)o2)cn1. The average Bonchev–Trinajstić information content (AvgIpc) is 2.75. The highest BCUT2D eigenvalue weighted by Gasteiger charge is 2.10. The summed E-state index contributed by atoms with van der Waals surface area (Å²) in [6.45, 7) is 3.91. The average molecular weight is 261 g/mol. The number of nitrogens with one attached hydrogen (secondary N) is 2. The molecule has 0 unspecified atom stereocenters. The summed E-state index contributed by atoms with van der Waals surface area (Å²) >= 11 is 0. The third kappa shape index (κ3) is 3.06. The minimum Gasteiger partial charge on any atom is -0.444 e. The summed E-state index contributed by atoms with van der Waals surface area (Å²) in [7, 11) is 1.73. The highest BCUT2D eigenvalue weighted by atomic mass is 16.4. The fourth-order valence-corrected chi connectivity index (χ4v) is 1.44. The number of nitrogens with zero attached hydrogens (tertiary/aromatic N) is 3. The van der Waals surface area contributed by atoms with Gasteiger partial charge in [0.25, 0.3) is 5.91 Å². The molecular formula is C12H15N5O2. The molecule has 2 heterocycles. The molecule has 0 saturated heterocycles. The molecule has 0 bridgehead atoms. The number of hydrogen-bond donors (Lipinski definition) is 2. The Hall–Kier alpha value is -2.44. The number of aromatic nitrogens is 3. The number of carbonyl (C=O) groups is 1. The Bertz CT molecular complexity index is 557. The molecule has 2 rings (SSSR count). The van der Waals surface area contributed by atoms with Crippen molar-refractivity contribution in [3.63, 3.8) is 0 Å². The maximum Gasteiger partial charge on any atom is 0.271 e. The number of aryl methyl sites for hydroxylation is 2. The molecule has 2 aromatic rings. The number of anilines is 1. The van der Waals surface area contributed by atoms with Gasteiger partial charge in [-0.15, -0.1) is 0 Å². The van der Waals surface area contributed by atoms with Gasteiger partial charge in [0.05, 0.1) is 24.6 Å². The van der Waals surface area contributed by atoms with Crippen LogP contribution in [0.15, 0.2) is 16.8 Å². The summed E-state index contributed by atoms with van der Waals surface area (Å²) in [5.74, 6) is 1.52. The third-order valence-electron chi connectivity index (χ3n) is 2.61. The van der Waals surface area contributed by atoms with Gasteiger partial charge in [0.1, 0.15) is 17.3 Å². The molecule has 1 amide bonds. The second-order valence-corrected chi connectivity index (χ2v) is 3.97. The number of oxazole rings is 1. The summed E-state index contributed by atoms with van der Waals surface area (Å²) in [6, 6.07) is 0. The van der Waals surface area contributed by atoms with E-state index in [4.69, 9.17) is 4.42 Å². The van der Waals surface area contributed by atoms with Gasteiger partial charge in [-0.2, -0.15) is 0 Å². The predicted molar refractivity (Wildman–Crippen MR) is 68.7 cm³/mol. The Labute approximate surface area is 110 Å². The van der Waals surface area contributed by atoms with Crippen LogP contribution in [-0.4, -0.2) is 27.9 Å². The van der Waals surface area contributed by atoms with E-state index in [9.17, 15) is 4.79 Å². The van der Waals surface area contributed by atoms with E-state index in [0.717, 1.165) is 11.5 Å². The Morgan fingerprint density at radius 3 is 2.63 bits per heavy atom. The van der Waals surface area contributed by atoms with Crippen molar-refractivity contribution in [2.24, 2.45) is 0 Å². The maximum atomic E-state index is 11.8. The third-order valence-corrected chi connectivity index (χ3v) is 2.61. The predicted octanol–water partition coefficient (Wildman–Crippen LogP) is 1.05. The van der Waals surface area contributed by atoms with E-state index in [2.05, 4.69) is 25.6 Å². The molecule has 0 spiro atoms. The molecule has 0 radical (unpaired) electrons. The van der Waals surface area contributed by atoms with E-state index < -0.39 is 0 Å². The second kappa shape index (κ2) is 5.47. The van der Waals surface area contributed by atoms with E-state index in [1.54, 1.807) is 7.05 Å². The molecule has 0 aliphatic heterocycles. The topological polar surface area (TPSA) is 92.9 Å². The standard InChI is InChI=1S/C12H15N5O2/c1-7-8(2)19-11(17-7)6-16-12(18)9-4-15-10(13-3)5-14-9/h4-5H,6H2,1-3H3,(H,13,15)(H,16,18). The van der Waals surface area contributed by atoms with Crippen LogP contribution in [-0.2, 0) is 6.54 Å². The summed E-state index contributed by atoms with van der Waals surface area (Å²) < 4.78 is 5.37. The molecule has 0 fully saturated rings. The van der Waals surface area contributed by atoms with Gasteiger partial charge in [0.15, 0.2) is 0 Å². The molecular weight excluding hydrogens is 246 g/mol. The number of amides is 1. The molecule has 7 nitrogen and oxygen atoms in total. The number of hydrogen-bond acceptors (Lipinski definition) is 6. The largest absolute Gasteiger partial charge is 0.444 e. The highest BCUT2D eigenvalue weighted by molar-refractivity contribution is 5.91. The van der Waals surface area contributed by atoms with Crippen molar-refractivity contribution >= 4 is 11.7 Å². The molecule has 0 saturated carbocycles. The van der Waals surface area contributed by atoms with Crippen LogP contribution in [0.5, 0.6) is 0 Å². The minimum atomic E-state index is -0.316. The summed E-state index contributed by atoms with van der Waals surface area (Å²) in [4.78, 5) is 24.0. The molecule has 0 aromatic carbocycles. The lowest BCUT2D eigenvalue weighted by atomic mass is 10.4. The van der Waals surface area contributed by atoms with Gasteiger partial charge in [-0.25, -0.2) is 15.0 Å². The van der Waals surface area contributed by atoms with Crippen LogP contribution in [0.3, 0.4) is 0 Å². The summed E-state index contributed by atoms with van der Waals surface area (Å²) in [5, 5.41) is 5.50. The smallest absolute Gasteiger partial charge is 0.271 e. The van der Waals surface area contributed by atoms with E-state index in [1.165, 1.54) is 12.4 Å². The molecule has 2 aromatic heterocycles. The van der Waals surface area contributed by atoms with Crippen LogP contribution in [0.4, 0.5) is 5.82 Å². The van der Waals surface area contributed by atoms with Crippen molar-refractivity contribution in [3.8, 4) is 0 Å². The highest BCUT2D eigenvalue weighted by Crippen LogP contribution is 2.08. The van der Waals surface area contributed by atoms with E-state index in [-0.39, 0.29) is 18.1 Å². The molecule has 7 heteroatoms. The van der Waals surface area contributed by atoms with E-state index >= 15 is 0 Å². The number of carbonyl (C=O) groups excluding carboxylic acids is 1. The zero-order valence-corrected chi connectivity index (χ0v) is 11.0. The molecule has 2 N–H and O–H groups in total. The Morgan fingerprint density at radius 1 is 1.32 bits per heavy atom. The van der Waals surface area contributed by atoms with Crippen LogP contribution in [0.25, 0.3) is 0 Å². The van der Waals surface area contributed by atoms with E-state index in [1.807, 2.05) is 13.8 Å². The first-order chi connectivity index (χ1) is 9.10. The van der Waals surface area contributed by atoms with Crippen molar-refractivity contribution in [1.82, 2.24) is 20.3 Å². The first-order valence-corrected chi connectivity index (χ1v) is 5.81. The van der Waals surface area contributed by atoms with Gasteiger partial charge in [0, 0.05) is 7.05 Å². The zero-order chi connectivity index (χ0) is 13.8. The minimum absolute atomic E-state index is 0.225. The van der Waals surface area contributed by atoms with Gasteiger partial charge < -0.3 is 15.1 Å². The fourth-order valence-electron chi connectivity index (χ4n) is 1.44. The molecule has 0 aliphatic carbocycles. The van der Waals surface area contributed by atoms with Crippen LogP contribution in [0.2, 0.25) is 0 Å². The van der Waals surface area contributed by atoms with Crippen LogP contribution in [0.1, 0.15) is 27.8 Å². The van der Waals surface area contributed by atoms with Gasteiger partial charge >= 0.3 is 0 Å². The van der Waals surface area contributed by atoms with Crippen molar-refractivity contribution in [3.05, 3.63) is 35.4 Å². The lowest BCUT2D eigenvalue weighted by Crippen LogP contribution is -2.24. The maximum absolute atomic E-state index is 11.8. The van der Waals surface area contributed by atoms with Crippen molar-refractivity contribution in [1.29, 1.82) is 0 Å². The van der Waals surface area contributed by atoms with Gasteiger partial charge in [-0.1, -0.05) is 0 Å². The number of rotatable bonds is 4. The van der Waals surface area contributed by atoms with Crippen molar-refractivity contribution < 1.29 is 9.21 Å². The van der Waals surface area contributed by atoms with Gasteiger partial charge in [-0.3, -0.25) is 4.79 Å². The van der Waals surface area contributed by atoms with Gasteiger partial charge in [0.2, 0.25) is 5.89 Å².